The summed E-state index contributed by atoms with van der Waals surface area (Å²) in [6, 6.07) is 12.6. The molecular formula is C19H12F2N2O2. The van der Waals surface area contributed by atoms with Gasteiger partial charge in [0.25, 0.3) is 0 Å². The van der Waals surface area contributed by atoms with Crippen LogP contribution in [-0.4, -0.2) is 15.6 Å². The molecule has 2 aromatic carbocycles. The van der Waals surface area contributed by atoms with Crippen LogP contribution in [0.3, 0.4) is 0 Å². The summed E-state index contributed by atoms with van der Waals surface area (Å²) in [5.41, 5.74) is 1.54. The summed E-state index contributed by atoms with van der Waals surface area (Å²) in [5, 5.41) is 18.7. The maximum atomic E-state index is 13.4. The number of carboxylic acid groups (broad SMARTS) is 1. The van der Waals surface area contributed by atoms with Gasteiger partial charge >= 0.3 is 5.97 Å². The van der Waals surface area contributed by atoms with Gasteiger partial charge in [0.2, 0.25) is 0 Å². The lowest BCUT2D eigenvalue weighted by molar-refractivity contribution is -0.132. The summed E-state index contributed by atoms with van der Waals surface area (Å²) in [6.07, 6.45) is 2.98. The third kappa shape index (κ3) is 3.26. The Balaban J connectivity index is 2.09. The molecule has 0 aliphatic heterocycles. The summed E-state index contributed by atoms with van der Waals surface area (Å²) >= 11 is 0. The Morgan fingerprint density at radius 2 is 1.96 bits per heavy atom. The monoisotopic (exact) mass is 338 g/mol. The number of halogens is 2. The Labute approximate surface area is 141 Å². The molecule has 3 rings (SSSR count). The van der Waals surface area contributed by atoms with E-state index < -0.39 is 17.6 Å². The van der Waals surface area contributed by atoms with Crippen LogP contribution < -0.4 is 0 Å². The topological polar surface area (TPSA) is 66.0 Å². The third-order valence-corrected chi connectivity index (χ3v) is 3.81. The van der Waals surface area contributed by atoms with Crippen LogP contribution in [0.15, 0.2) is 54.2 Å². The second-order valence-corrected chi connectivity index (χ2v) is 5.45. The number of hydrogen-bond acceptors (Lipinski definition) is 2. The zero-order valence-electron chi connectivity index (χ0n) is 12.9. The lowest BCUT2D eigenvalue weighted by atomic mass is 10.1. The highest BCUT2D eigenvalue weighted by Gasteiger charge is 2.12. The molecule has 1 N–H and O–H groups in total. The highest BCUT2D eigenvalue weighted by atomic mass is 19.2. The van der Waals surface area contributed by atoms with Crippen LogP contribution in [0, 0.1) is 23.0 Å². The van der Waals surface area contributed by atoms with Crippen LogP contribution in [-0.2, 0) is 11.3 Å². The van der Waals surface area contributed by atoms with E-state index in [1.807, 2.05) is 12.1 Å². The molecule has 0 aliphatic carbocycles. The molecule has 1 heterocycles. The quantitative estimate of drug-likeness (QED) is 0.578. The van der Waals surface area contributed by atoms with E-state index in [-0.39, 0.29) is 12.1 Å². The van der Waals surface area contributed by atoms with Crippen molar-refractivity contribution in [2.75, 3.05) is 0 Å². The highest BCUT2D eigenvalue weighted by molar-refractivity contribution is 6.00. The third-order valence-electron chi connectivity index (χ3n) is 3.81. The number of nitriles is 1. The molecule has 0 radical (unpaired) electrons. The molecule has 0 saturated carbocycles. The molecule has 0 amide bonds. The van der Waals surface area contributed by atoms with Gasteiger partial charge in [0.15, 0.2) is 11.6 Å². The largest absolute Gasteiger partial charge is 0.477 e. The fraction of sp³-hybridized carbons (Fsp3) is 0.0526. The molecule has 1 aromatic heterocycles. The first kappa shape index (κ1) is 16.4. The average Bonchev–Trinajstić information content (AvgIpc) is 2.93. The van der Waals surface area contributed by atoms with Crippen molar-refractivity contribution in [1.82, 2.24) is 4.57 Å². The fourth-order valence-electron chi connectivity index (χ4n) is 2.65. The Bertz CT molecular complexity index is 1050. The van der Waals surface area contributed by atoms with Crippen molar-refractivity contribution in [3.8, 4) is 6.07 Å². The van der Waals surface area contributed by atoms with Crippen molar-refractivity contribution in [3.05, 3.63) is 77.0 Å². The van der Waals surface area contributed by atoms with E-state index in [4.69, 9.17) is 10.4 Å². The number of rotatable bonds is 4. The molecule has 0 spiro atoms. The van der Waals surface area contributed by atoms with Crippen LogP contribution in [0.1, 0.15) is 11.1 Å². The molecule has 0 atom stereocenters. The molecule has 3 aromatic rings. The van der Waals surface area contributed by atoms with Crippen LogP contribution >= 0.6 is 0 Å². The number of carbonyl (C=O) groups is 1. The summed E-state index contributed by atoms with van der Waals surface area (Å²) in [4.78, 5) is 11.1. The number of para-hydroxylation sites is 1. The molecule has 0 bridgehead atoms. The van der Waals surface area contributed by atoms with Crippen molar-refractivity contribution in [2.24, 2.45) is 0 Å². The minimum absolute atomic E-state index is 0.278. The summed E-state index contributed by atoms with van der Waals surface area (Å²) < 4.78 is 28.3. The predicted molar refractivity (Wildman–Crippen MR) is 88.6 cm³/mol. The van der Waals surface area contributed by atoms with E-state index in [1.165, 1.54) is 12.1 Å². The van der Waals surface area contributed by atoms with Gasteiger partial charge in [-0.25, -0.2) is 13.6 Å². The van der Waals surface area contributed by atoms with E-state index in [9.17, 15) is 13.6 Å². The van der Waals surface area contributed by atoms with Crippen LogP contribution in [0.2, 0.25) is 0 Å². The van der Waals surface area contributed by atoms with Crippen molar-refractivity contribution in [2.45, 2.75) is 6.54 Å². The van der Waals surface area contributed by atoms with E-state index in [0.29, 0.717) is 11.1 Å². The van der Waals surface area contributed by atoms with E-state index in [2.05, 4.69) is 0 Å². The Hall–Kier alpha value is -3.46. The molecule has 25 heavy (non-hydrogen) atoms. The van der Waals surface area contributed by atoms with Gasteiger partial charge in [-0.15, -0.1) is 0 Å². The molecule has 0 fully saturated rings. The standard InChI is InChI=1S/C19H12F2N2O2/c20-16-6-5-12(7-17(16)21)10-23-11-14(8-13(9-22)19(24)25)15-3-1-2-4-18(15)23/h1-8,11H,10H2,(H,24,25). The molecule has 124 valence electrons. The van der Waals surface area contributed by atoms with E-state index >= 15 is 0 Å². The van der Waals surface area contributed by atoms with E-state index in [1.54, 1.807) is 29.0 Å². The van der Waals surface area contributed by atoms with Crippen LogP contribution in [0.25, 0.3) is 17.0 Å². The SMILES string of the molecule is N#CC(=Cc1cn(Cc2ccc(F)c(F)c2)c2ccccc12)C(=O)O. The van der Waals surface area contributed by atoms with Gasteiger partial charge in [-0.05, 0) is 29.8 Å². The smallest absolute Gasteiger partial charge is 0.346 e. The Kier molecular flexibility index (Phi) is 4.31. The van der Waals surface area contributed by atoms with Crippen molar-refractivity contribution < 1.29 is 18.7 Å². The first-order valence-corrected chi connectivity index (χ1v) is 7.36. The molecule has 0 aliphatic rings. The van der Waals surface area contributed by atoms with Crippen molar-refractivity contribution >= 4 is 22.9 Å². The van der Waals surface area contributed by atoms with Gasteiger partial charge < -0.3 is 9.67 Å². The molecule has 6 heteroatoms. The van der Waals surface area contributed by atoms with Gasteiger partial charge in [0.05, 0.1) is 0 Å². The number of benzene rings is 2. The normalized spacial score (nSPS) is 11.5. The predicted octanol–water partition coefficient (Wildman–Crippen LogP) is 3.96. The number of hydrogen-bond donors (Lipinski definition) is 1. The fourth-order valence-corrected chi connectivity index (χ4v) is 2.65. The van der Waals surface area contributed by atoms with Crippen LogP contribution in [0.4, 0.5) is 8.78 Å². The Morgan fingerprint density at radius 1 is 1.20 bits per heavy atom. The molecular weight excluding hydrogens is 326 g/mol. The second-order valence-electron chi connectivity index (χ2n) is 5.45. The summed E-state index contributed by atoms with van der Waals surface area (Å²) in [7, 11) is 0. The van der Waals surface area contributed by atoms with Gasteiger partial charge in [0.1, 0.15) is 11.6 Å². The minimum Gasteiger partial charge on any atom is -0.477 e. The molecule has 0 unspecified atom stereocenters. The number of fused-ring (bicyclic) bond motifs is 1. The number of aliphatic carboxylic acids is 1. The Morgan fingerprint density at radius 3 is 2.64 bits per heavy atom. The number of nitrogens with zero attached hydrogens (tertiary/aromatic N) is 2. The van der Waals surface area contributed by atoms with Gasteiger partial charge in [0, 0.05) is 29.2 Å². The maximum Gasteiger partial charge on any atom is 0.346 e. The number of carboxylic acids is 1. The van der Waals surface area contributed by atoms with E-state index in [0.717, 1.165) is 23.0 Å². The average molecular weight is 338 g/mol. The van der Waals surface area contributed by atoms with Crippen LogP contribution in [0.5, 0.6) is 0 Å². The van der Waals surface area contributed by atoms with Crippen molar-refractivity contribution in [3.63, 3.8) is 0 Å². The first-order valence-electron chi connectivity index (χ1n) is 7.36. The van der Waals surface area contributed by atoms with Gasteiger partial charge in [-0.1, -0.05) is 24.3 Å². The summed E-state index contributed by atoms with van der Waals surface area (Å²) in [5.74, 6) is -3.14. The lowest BCUT2D eigenvalue weighted by Crippen LogP contribution is -1.99. The van der Waals surface area contributed by atoms with Crippen molar-refractivity contribution in [1.29, 1.82) is 5.26 Å². The second kappa shape index (κ2) is 6.57. The van der Waals surface area contributed by atoms with Gasteiger partial charge in [-0.2, -0.15) is 5.26 Å². The first-order chi connectivity index (χ1) is 12.0. The maximum absolute atomic E-state index is 13.4. The highest BCUT2D eigenvalue weighted by Crippen LogP contribution is 2.25. The van der Waals surface area contributed by atoms with Gasteiger partial charge in [-0.3, -0.25) is 0 Å². The molecule has 0 saturated heterocycles. The zero-order valence-corrected chi connectivity index (χ0v) is 12.9. The lowest BCUT2D eigenvalue weighted by Gasteiger charge is -2.06. The minimum atomic E-state index is -1.31. The summed E-state index contributed by atoms with van der Waals surface area (Å²) in [6.45, 7) is 0.278. The molecule has 4 nitrogen and oxygen atoms in total. The zero-order chi connectivity index (χ0) is 18.0. The number of aromatic nitrogens is 1.